The normalized spacial score (nSPS) is 22.7. The second-order valence-corrected chi connectivity index (χ2v) is 23.3. The van der Waals surface area contributed by atoms with Crippen LogP contribution in [0.15, 0.2) is 48.5 Å². The molecule has 0 spiro atoms. The Hall–Kier alpha value is -5.05. The van der Waals surface area contributed by atoms with E-state index in [1.807, 2.05) is 24.3 Å². The molecule has 4 aliphatic rings. The Balaban J connectivity index is 0.000000219. The molecule has 3 amide bonds. The molecule has 4 fully saturated rings. The van der Waals surface area contributed by atoms with Gasteiger partial charge in [0.1, 0.15) is 22.4 Å². The van der Waals surface area contributed by atoms with Gasteiger partial charge in [-0.3, -0.25) is 19.7 Å². The molecule has 15 nitrogen and oxygen atoms in total. The smallest absolute Gasteiger partial charge is 0.409 e. The number of benzene rings is 2. The number of anilines is 1. The highest BCUT2D eigenvalue weighted by Gasteiger charge is 2.36. The number of hydrogen-bond donors (Lipinski definition) is 3. The number of aliphatic hydroxyl groups excluding tert-OH is 1. The molecule has 3 N–H and O–H groups in total. The maximum absolute atomic E-state index is 13.3. The third kappa shape index (κ3) is 17.2. The fraction of sp³-hybridized carbons (Fsp3) is 0.589. The molecule has 0 unspecified atom stereocenters. The van der Waals surface area contributed by atoms with Gasteiger partial charge in [0.15, 0.2) is 16.7 Å². The molecule has 4 aromatic rings. The maximum atomic E-state index is 13.3. The van der Waals surface area contributed by atoms with E-state index >= 15 is 0 Å². The zero-order chi connectivity index (χ0) is 53.6. The van der Waals surface area contributed by atoms with E-state index in [0.29, 0.717) is 75.1 Å². The number of hydrogen-bond acceptors (Lipinski definition) is 14. The molecule has 6 atom stereocenters. The van der Waals surface area contributed by atoms with Crippen molar-refractivity contribution < 1.29 is 42.6 Å². The lowest BCUT2D eigenvalue weighted by molar-refractivity contribution is -0.120. The van der Waals surface area contributed by atoms with Crippen LogP contribution in [0.4, 0.5) is 23.5 Å². The van der Waals surface area contributed by atoms with Crippen LogP contribution in [0.2, 0.25) is 0 Å². The van der Waals surface area contributed by atoms with Crippen LogP contribution in [-0.2, 0) is 28.8 Å². The molecule has 0 radical (unpaired) electrons. The molecule has 0 aliphatic carbocycles. The fourth-order valence-electron chi connectivity index (χ4n) is 11.7. The van der Waals surface area contributed by atoms with Gasteiger partial charge in [-0.25, -0.2) is 28.3 Å². The number of halogens is 2. The lowest BCUT2D eigenvalue weighted by atomic mass is 9.81. The number of aryl methyl sites for hydroxylation is 2. The van der Waals surface area contributed by atoms with E-state index in [4.69, 9.17) is 4.74 Å². The Kier molecular flexibility index (Phi) is 21.4. The number of β-amino-alcohol motifs (C(OH)–C–C–N with tert-alkyl or cyclic N) is 1. The van der Waals surface area contributed by atoms with E-state index < -0.39 is 0 Å². The van der Waals surface area contributed by atoms with Gasteiger partial charge in [-0.2, -0.15) is 0 Å². The number of nitrogens with one attached hydrogen (secondary N) is 2. The summed E-state index contributed by atoms with van der Waals surface area (Å²) in [6, 6.07) is 13.3. The molecule has 4 saturated heterocycles. The predicted molar refractivity (Wildman–Crippen MR) is 289 cm³/mol. The molecule has 19 heteroatoms. The minimum Gasteiger partial charge on any atom is -0.453 e. The second kappa shape index (κ2) is 27.8. The fourth-order valence-corrected chi connectivity index (χ4v) is 13.5. The number of piperidine rings is 4. The molecule has 6 heterocycles. The van der Waals surface area contributed by atoms with E-state index in [0.717, 1.165) is 104 Å². The van der Waals surface area contributed by atoms with Crippen LogP contribution in [0.3, 0.4) is 0 Å². The molecule has 0 bridgehead atoms. The zero-order valence-electron chi connectivity index (χ0n) is 44.3. The summed E-state index contributed by atoms with van der Waals surface area (Å²) in [5, 5.41) is 16.6. The number of rotatable bonds is 18. The third-order valence-electron chi connectivity index (χ3n) is 15.3. The Morgan fingerprint density at radius 2 is 1.27 bits per heavy atom. The zero-order valence-corrected chi connectivity index (χ0v) is 45.9. The number of Topliss-reactive ketones (excluding diaryl/α,β-unsaturated/α-hetero) is 3. The van der Waals surface area contributed by atoms with E-state index in [-0.39, 0.29) is 72.0 Å². The first-order chi connectivity index (χ1) is 36.0. The molecule has 0 saturated carbocycles. The van der Waals surface area contributed by atoms with Crippen molar-refractivity contribution in [3.8, 4) is 0 Å². The van der Waals surface area contributed by atoms with E-state index in [1.54, 1.807) is 18.7 Å². The predicted octanol–water partition coefficient (Wildman–Crippen LogP) is 8.51. The number of methoxy groups -OCH3 is 1. The number of carbonyl (C=O) groups is 5. The van der Waals surface area contributed by atoms with Crippen LogP contribution in [0, 0.1) is 55.1 Å². The van der Waals surface area contributed by atoms with Crippen molar-refractivity contribution in [2.45, 2.75) is 97.9 Å². The Morgan fingerprint density at radius 3 is 1.81 bits per heavy atom. The summed E-state index contributed by atoms with van der Waals surface area (Å²) in [5.41, 5.74) is 3.64. The minimum absolute atomic E-state index is 0.000699. The van der Waals surface area contributed by atoms with E-state index in [9.17, 15) is 37.9 Å². The number of nitrogens with zero attached hydrogens (tertiary/aromatic N) is 6. The van der Waals surface area contributed by atoms with Crippen LogP contribution >= 0.6 is 22.7 Å². The first kappa shape index (κ1) is 57.7. The maximum Gasteiger partial charge on any atom is 0.409 e. The van der Waals surface area contributed by atoms with Crippen LogP contribution in [0.25, 0.3) is 0 Å². The first-order valence-corrected chi connectivity index (χ1v) is 28.3. The monoisotopic (exact) mass is 1070 g/mol. The van der Waals surface area contributed by atoms with Gasteiger partial charge in [0.25, 0.3) is 0 Å². The van der Waals surface area contributed by atoms with Crippen LogP contribution in [-0.4, -0.2) is 156 Å². The second-order valence-electron chi connectivity index (χ2n) is 21.2. The number of aliphatic hydroxyl groups is 1. The number of ether oxygens (including phenoxy) is 1. The molecular formula is C56H76F2N8O7S2. The minimum atomic E-state index is -0.347. The molecule has 4 aliphatic heterocycles. The first-order valence-electron chi connectivity index (χ1n) is 26.7. The van der Waals surface area contributed by atoms with Gasteiger partial charge in [-0.15, -0.1) is 11.3 Å². The molecule has 75 heavy (non-hydrogen) atoms. The lowest BCUT2D eigenvalue weighted by Gasteiger charge is -2.42. The van der Waals surface area contributed by atoms with Crippen LogP contribution in [0.5, 0.6) is 0 Å². The number of likely N-dealkylation sites (tertiary alicyclic amines) is 4. The molecule has 2 aromatic carbocycles. The van der Waals surface area contributed by atoms with Crippen molar-refractivity contribution >= 4 is 57.3 Å². The summed E-state index contributed by atoms with van der Waals surface area (Å²) in [4.78, 5) is 80.7. The van der Waals surface area contributed by atoms with Crippen molar-refractivity contribution in [3.63, 3.8) is 0 Å². The number of carbonyl (C=O) groups excluding carboxylic acids is 5. The van der Waals surface area contributed by atoms with Crippen molar-refractivity contribution in [2.75, 3.05) is 91.0 Å². The largest absolute Gasteiger partial charge is 0.453 e. The van der Waals surface area contributed by atoms with Gasteiger partial charge < -0.3 is 34.8 Å². The van der Waals surface area contributed by atoms with Gasteiger partial charge in [0.05, 0.1) is 41.3 Å². The van der Waals surface area contributed by atoms with Crippen molar-refractivity contribution in [3.05, 3.63) is 97.4 Å². The molecule has 2 aromatic heterocycles. The standard InChI is InChI=1S/C29H38FN3O4S.C27H38FN5O3S/c1-19-28(20(2)34)38-27(31-19)15-26(35)14-24-18-33(29(36)37-3)12-10-23(24)17-32-11-4-5-22(16-32)13-21-6-8-25(30)9-7-21;1-18-25(19(2)35)37-27(29-18)31-26(36)30-24-9-11-32(12-13-34)16-22(24)17-33-10-3-4-21(15-33)14-20-5-7-23(28)8-6-20/h6-9,22-24H,4-5,10-18H2,1-3H3;5-8,21-22,24,34H,3-4,9-17H2,1-2H3,(H2,29,30,31,36)/t22-,23-,24+;21-,22-,24+/m00/s1. The van der Waals surface area contributed by atoms with Gasteiger partial charge in [0, 0.05) is 91.1 Å². The van der Waals surface area contributed by atoms with Gasteiger partial charge in [-0.1, -0.05) is 35.6 Å². The highest BCUT2D eigenvalue weighted by atomic mass is 32.1. The van der Waals surface area contributed by atoms with Crippen LogP contribution < -0.4 is 10.6 Å². The summed E-state index contributed by atoms with van der Waals surface area (Å²) in [6.07, 6.45) is 8.32. The van der Waals surface area contributed by atoms with Gasteiger partial charge in [0.2, 0.25) is 0 Å². The van der Waals surface area contributed by atoms with Gasteiger partial charge in [-0.05, 0) is 137 Å². The summed E-state index contributed by atoms with van der Waals surface area (Å²) >= 11 is 2.50. The Labute approximate surface area is 448 Å². The van der Waals surface area contributed by atoms with Crippen molar-refractivity contribution in [1.29, 1.82) is 0 Å². The van der Waals surface area contributed by atoms with Crippen LogP contribution in [0.1, 0.15) is 106 Å². The lowest BCUT2D eigenvalue weighted by Crippen LogP contribution is -2.56. The third-order valence-corrected chi connectivity index (χ3v) is 17.7. The number of urea groups is 1. The SMILES string of the molecule is CC(=O)c1sc(NC(=O)N[C@@H]2CCN(CCO)C[C@H]2CN2CCC[C@@H](Cc3ccc(F)cc3)C2)nc1C.COC(=O)N1CC[C@@H](CN2CCC[C@@H](Cc3ccc(F)cc3)C2)[C@H](CC(=O)Cc2nc(C)c(C(C)=O)s2)C1. The Bertz CT molecular complexity index is 2540. The highest BCUT2D eigenvalue weighted by molar-refractivity contribution is 7.17. The number of ketones is 3. The number of aromatic nitrogens is 2. The molecular weight excluding hydrogens is 999 g/mol. The van der Waals surface area contributed by atoms with Gasteiger partial charge >= 0.3 is 12.1 Å². The van der Waals surface area contributed by atoms with E-state index in [1.165, 1.54) is 79.0 Å². The van der Waals surface area contributed by atoms with E-state index in [2.05, 4.69) is 35.3 Å². The topological polar surface area (TPSA) is 178 Å². The average molecular weight is 1080 g/mol. The summed E-state index contributed by atoms with van der Waals surface area (Å²) < 4.78 is 31.6. The van der Waals surface area contributed by atoms with Crippen molar-refractivity contribution in [1.82, 2.24) is 34.9 Å². The Morgan fingerprint density at radius 1 is 0.693 bits per heavy atom. The average Bonchev–Trinajstić information content (AvgIpc) is 3.94. The number of thiazole rings is 2. The summed E-state index contributed by atoms with van der Waals surface area (Å²) in [5.74, 6) is 1.20. The van der Waals surface area contributed by atoms with Crippen molar-refractivity contribution in [2.24, 2.45) is 29.6 Å². The molecule has 408 valence electrons. The molecule has 8 rings (SSSR count). The summed E-state index contributed by atoms with van der Waals surface area (Å²) in [7, 11) is 1.39. The highest BCUT2D eigenvalue weighted by Crippen LogP contribution is 2.32. The quantitative estimate of drug-likeness (QED) is 0.0811. The summed E-state index contributed by atoms with van der Waals surface area (Å²) in [6.45, 7) is 15.9. The number of amides is 3.